The maximum Gasteiger partial charge on any atom is 0.336 e. The number of benzene rings is 1. The Morgan fingerprint density at radius 2 is 2.07 bits per heavy atom. The van der Waals surface area contributed by atoms with Crippen LogP contribution in [-0.2, 0) is 0 Å². The van der Waals surface area contributed by atoms with Crippen LogP contribution in [0.3, 0.4) is 0 Å². The summed E-state index contributed by atoms with van der Waals surface area (Å²) in [4.78, 5) is 10.6. The number of hydrogen-bond donors (Lipinski definition) is 2. The van der Waals surface area contributed by atoms with Crippen LogP contribution in [0.4, 0.5) is 8.78 Å². The highest BCUT2D eigenvalue weighted by Gasteiger charge is 2.24. The normalized spacial score (nSPS) is 10.0. The summed E-state index contributed by atoms with van der Waals surface area (Å²) in [5.74, 6) is -2.56. The van der Waals surface area contributed by atoms with Crippen molar-refractivity contribution in [3.63, 3.8) is 0 Å². The molecule has 1 aromatic rings. The Morgan fingerprint density at radius 3 is 2.47 bits per heavy atom. The largest absolute Gasteiger partial charge is 0.506 e. The first kappa shape index (κ1) is 10.9. The van der Waals surface area contributed by atoms with Crippen LogP contribution < -0.4 is 0 Å². The van der Waals surface area contributed by atoms with E-state index in [0.29, 0.717) is 0 Å². The van der Waals surface area contributed by atoms with Crippen LogP contribution in [0.25, 0.3) is 0 Å². The number of halogens is 2. The van der Waals surface area contributed by atoms with Crippen molar-refractivity contribution in [1.29, 1.82) is 5.26 Å². The fraction of sp³-hybridized carbons (Fsp3) is 0.111. The summed E-state index contributed by atoms with van der Waals surface area (Å²) in [6, 6.07) is 3.32. The second-order valence-corrected chi connectivity index (χ2v) is 2.64. The number of phenolic OH excluding ortho intramolecular Hbond substituents is 1. The van der Waals surface area contributed by atoms with Gasteiger partial charge in [-0.05, 0) is 12.1 Å². The number of aromatic carboxylic acids is 1. The maximum absolute atomic E-state index is 12.4. The lowest BCUT2D eigenvalue weighted by atomic mass is 10.0. The van der Waals surface area contributed by atoms with Crippen molar-refractivity contribution in [2.45, 2.75) is 6.43 Å². The van der Waals surface area contributed by atoms with Gasteiger partial charge in [-0.3, -0.25) is 0 Å². The van der Waals surface area contributed by atoms with Crippen LogP contribution in [0.15, 0.2) is 12.1 Å². The molecule has 1 rings (SSSR count). The molecule has 0 aliphatic heterocycles. The van der Waals surface area contributed by atoms with Crippen LogP contribution in [-0.4, -0.2) is 16.2 Å². The molecule has 0 unspecified atom stereocenters. The summed E-state index contributed by atoms with van der Waals surface area (Å²) in [5, 5.41) is 26.3. The molecule has 0 aliphatic rings. The molecule has 0 amide bonds. The molecule has 0 heterocycles. The molecule has 2 N–H and O–H groups in total. The average Bonchev–Trinajstić information content (AvgIpc) is 2.16. The number of hydrogen-bond acceptors (Lipinski definition) is 3. The average molecular weight is 213 g/mol. The number of nitriles is 1. The van der Waals surface area contributed by atoms with Crippen molar-refractivity contribution in [1.82, 2.24) is 0 Å². The fourth-order valence-electron chi connectivity index (χ4n) is 1.11. The molecule has 0 bridgehead atoms. The number of carboxylic acid groups (broad SMARTS) is 1. The number of carboxylic acids is 1. The highest BCUT2D eigenvalue weighted by Crippen LogP contribution is 2.33. The SMILES string of the molecule is N#Cc1ccc(C(=O)O)c(C(F)F)c1O. The molecule has 0 fully saturated rings. The zero-order valence-corrected chi connectivity index (χ0v) is 7.24. The van der Waals surface area contributed by atoms with E-state index in [-0.39, 0.29) is 5.56 Å². The predicted octanol–water partition coefficient (Wildman–Crippen LogP) is 1.90. The number of phenols is 1. The minimum atomic E-state index is -3.15. The first-order valence-corrected chi connectivity index (χ1v) is 3.76. The van der Waals surface area contributed by atoms with E-state index in [1.54, 1.807) is 0 Å². The molecule has 1 aromatic carbocycles. The molecule has 0 spiro atoms. The summed E-state index contributed by atoms with van der Waals surface area (Å²) in [6.45, 7) is 0. The molecular formula is C9H5F2NO3. The van der Waals surface area contributed by atoms with Crippen molar-refractivity contribution in [3.05, 3.63) is 28.8 Å². The standard InChI is InChI=1S/C9H5F2NO3/c10-8(11)6-5(9(14)15)2-1-4(3-12)7(6)13/h1-2,8,13H,(H,14,15). The molecular weight excluding hydrogens is 208 g/mol. The van der Waals surface area contributed by atoms with E-state index in [9.17, 15) is 18.7 Å². The lowest BCUT2D eigenvalue weighted by Crippen LogP contribution is -2.04. The van der Waals surface area contributed by atoms with Gasteiger partial charge in [-0.25, -0.2) is 13.6 Å². The quantitative estimate of drug-likeness (QED) is 0.785. The number of alkyl halides is 2. The van der Waals surface area contributed by atoms with Gasteiger partial charge in [0.1, 0.15) is 11.8 Å². The van der Waals surface area contributed by atoms with E-state index in [4.69, 9.17) is 10.4 Å². The second-order valence-electron chi connectivity index (χ2n) is 2.64. The fourth-order valence-corrected chi connectivity index (χ4v) is 1.11. The molecule has 0 atom stereocenters. The smallest absolute Gasteiger partial charge is 0.336 e. The van der Waals surface area contributed by atoms with E-state index in [1.807, 2.05) is 0 Å². The van der Waals surface area contributed by atoms with Crippen molar-refractivity contribution in [3.8, 4) is 11.8 Å². The Kier molecular flexibility index (Phi) is 2.85. The second kappa shape index (κ2) is 3.92. The molecule has 15 heavy (non-hydrogen) atoms. The van der Waals surface area contributed by atoms with E-state index < -0.39 is 29.3 Å². The minimum Gasteiger partial charge on any atom is -0.506 e. The monoisotopic (exact) mass is 213 g/mol. The van der Waals surface area contributed by atoms with Crippen LogP contribution >= 0.6 is 0 Å². The Bertz CT molecular complexity index is 451. The van der Waals surface area contributed by atoms with Gasteiger partial charge in [0, 0.05) is 0 Å². The summed E-state index contributed by atoms with van der Waals surface area (Å²) < 4.78 is 24.9. The lowest BCUT2D eigenvalue weighted by molar-refractivity contribution is 0.0683. The zero-order valence-electron chi connectivity index (χ0n) is 7.24. The van der Waals surface area contributed by atoms with Gasteiger partial charge in [-0.1, -0.05) is 0 Å². The van der Waals surface area contributed by atoms with Gasteiger partial charge in [0.05, 0.1) is 16.7 Å². The van der Waals surface area contributed by atoms with E-state index in [0.717, 1.165) is 12.1 Å². The summed E-state index contributed by atoms with van der Waals surface area (Å²) in [5.41, 5.74) is -2.11. The van der Waals surface area contributed by atoms with E-state index >= 15 is 0 Å². The minimum absolute atomic E-state index is 0.379. The van der Waals surface area contributed by atoms with Crippen molar-refractivity contribution >= 4 is 5.97 Å². The lowest BCUT2D eigenvalue weighted by Gasteiger charge is -2.08. The summed E-state index contributed by atoms with van der Waals surface area (Å²) in [7, 11) is 0. The number of aromatic hydroxyl groups is 1. The Hall–Kier alpha value is -2.16. The van der Waals surface area contributed by atoms with Crippen LogP contribution in [0.5, 0.6) is 5.75 Å². The molecule has 6 heteroatoms. The molecule has 0 aliphatic carbocycles. The van der Waals surface area contributed by atoms with Crippen molar-refractivity contribution in [2.24, 2.45) is 0 Å². The molecule has 0 radical (unpaired) electrons. The summed E-state index contributed by atoms with van der Waals surface area (Å²) in [6.07, 6.45) is -3.15. The van der Waals surface area contributed by atoms with Gasteiger partial charge in [-0.2, -0.15) is 5.26 Å². The van der Waals surface area contributed by atoms with E-state index in [2.05, 4.69) is 0 Å². The van der Waals surface area contributed by atoms with Gasteiger partial charge in [0.25, 0.3) is 6.43 Å². The molecule has 0 saturated carbocycles. The van der Waals surface area contributed by atoms with Crippen molar-refractivity contribution in [2.75, 3.05) is 0 Å². The predicted molar refractivity (Wildman–Crippen MR) is 44.7 cm³/mol. The van der Waals surface area contributed by atoms with Crippen LogP contribution in [0.1, 0.15) is 27.9 Å². The van der Waals surface area contributed by atoms with E-state index in [1.165, 1.54) is 6.07 Å². The number of nitrogens with zero attached hydrogens (tertiary/aromatic N) is 1. The van der Waals surface area contributed by atoms with Crippen molar-refractivity contribution < 1.29 is 23.8 Å². The zero-order chi connectivity index (χ0) is 11.6. The Morgan fingerprint density at radius 1 is 1.47 bits per heavy atom. The third-order valence-electron chi connectivity index (χ3n) is 1.79. The summed E-state index contributed by atoms with van der Waals surface area (Å²) >= 11 is 0. The molecule has 0 aromatic heterocycles. The molecule has 78 valence electrons. The highest BCUT2D eigenvalue weighted by molar-refractivity contribution is 5.90. The number of carbonyl (C=O) groups is 1. The molecule has 0 saturated heterocycles. The Balaban J connectivity index is 3.53. The maximum atomic E-state index is 12.4. The third kappa shape index (κ3) is 1.86. The van der Waals surface area contributed by atoms with Gasteiger partial charge >= 0.3 is 5.97 Å². The third-order valence-corrected chi connectivity index (χ3v) is 1.79. The first-order valence-electron chi connectivity index (χ1n) is 3.76. The Labute approximate surface area is 83.0 Å². The highest BCUT2D eigenvalue weighted by atomic mass is 19.3. The van der Waals surface area contributed by atoms with Crippen LogP contribution in [0, 0.1) is 11.3 Å². The topological polar surface area (TPSA) is 81.3 Å². The van der Waals surface area contributed by atoms with Gasteiger partial charge in [0.2, 0.25) is 0 Å². The molecule has 4 nitrogen and oxygen atoms in total. The first-order chi connectivity index (χ1) is 6.99. The van der Waals surface area contributed by atoms with Gasteiger partial charge in [-0.15, -0.1) is 0 Å². The number of rotatable bonds is 2. The van der Waals surface area contributed by atoms with Gasteiger partial charge < -0.3 is 10.2 Å². The van der Waals surface area contributed by atoms with Crippen LogP contribution in [0.2, 0.25) is 0 Å². The van der Waals surface area contributed by atoms with Gasteiger partial charge in [0.15, 0.2) is 0 Å².